The van der Waals surface area contributed by atoms with E-state index in [1.54, 1.807) is 6.92 Å². The van der Waals surface area contributed by atoms with E-state index in [-0.39, 0.29) is 6.04 Å². The SMILES string of the molecule is CC(CN1CCCCC1)NS(=O)(=O)CC(=O)O. The Morgan fingerprint density at radius 2 is 1.94 bits per heavy atom. The fourth-order valence-electron chi connectivity index (χ4n) is 2.08. The monoisotopic (exact) mass is 264 g/mol. The highest BCUT2D eigenvalue weighted by atomic mass is 32.2. The molecule has 0 aromatic rings. The average Bonchev–Trinajstić information content (AvgIpc) is 2.15. The fraction of sp³-hybridized carbons (Fsp3) is 0.900. The maximum atomic E-state index is 11.4. The summed E-state index contributed by atoms with van der Waals surface area (Å²) in [5.74, 6) is -2.19. The molecule has 1 aliphatic rings. The normalized spacial score (nSPS) is 20.1. The molecule has 0 aromatic heterocycles. The molecular formula is C10H20N2O4S. The van der Waals surface area contributed by atoms with Crippen LogP contribution < -0.4 is 4.72 Å². The quantitative estimate of drug-likeness (QED) is 0.697. The van der Waals surface area contributed by atoms with Gasteiger partial charge >= 0.3 is 5.97 Å². The number of nitrogens with zero attached hydrogens (tertiary/aromatic N) is 1. The Morgan fingerprint density at radius 3 is 2.47 bits per heavy atom. The van der Waals surface area contributed by atoms with Gasteiger partial charge in [-0.3, -0.25) is 4.79 Å². The maximum Gasteiger partial charge on any atom is 0.320 e. The van der Waals surface area contributed by atoms with Gasteiger partial charge < -0.3 is 10.0 Å². The van der Waals surface area contributed by atoms with Crippen LogP contribution in [0, 0.1) is 0 Å². The number of carboxylic acid groups (broad SMARTS) is 1. The van der Waals surface area contributed by atoms with Gasteiger partial charge in [-0.2, -0.15) is 0 Å². The molecule has 100 valence electrons. The average molecular weight is 264 g/mol. The lowest BCUT2D eigenvalue weighted by molar-refractivity contribution is -0.134. The van der Waals surface area contributed by atoms with Crippen molar-refractivity contribution in [1.29, 1.82) is 0 Å². The summed E-state index contributed by atoms with van der Waals surface area (Å²) in [5, 5.41) is 8.45. The summed E-state index contributed by atoms with van der Waals surface area (Å²) in [6.07, 6.45) is 3.53. The number of carbonyl (C=O) groups is 1. The molecule has 7 heteroatoms. The van der Waals surface area contributed by atoms with Gasteiger partial charge in [-0.1, -0.05) is 6.42 Å². The third-order valence-corrected chi connectivity index (χ3v) is 4.06. The van der Waals surface area contributed by atoms with Crippen molar-refractivity contribution in [2.45, 2.75) is 32.2 Å². The Bertz CT molecular complexity index is 349. The van der Waals surface area contributed by atoms with Gasteiger partial charge in [-0.05, 0) is 32.9 Å². The first kappa shape index (κ1) is 14.4. The molecule has 6 nitrogen and oxygen atoms in total. The number of rotatable bonds is 6. The molecule has 0 saturated carbocycles. The van der Waals surface area contributed by atoms with Crippen LogP contribution in [0.3, 0.4) is 0 Å². The second-order valence-corrected chi connectivity index (χ2v) is 6.29. The van der Waals surface area contributed by atoms with Crippen molar-refractivity contribution < 1.29 is 18.3 Å². The lowest BCUT2D eigenvalue weighted by Gasteiger charge is -2.29. The van der Waals surface area contributed by atoms with E-state index in [4.69, 9.17) is 5.11 Å². The predicted molar refractivity (Wildman–Crippen MR) is 64.3 cm³/mol. The van der Waals surface area contributed by atoms with E-state index < -0.39 is 21.7 Å². The molecule has 1 fully saturated rings. The first-order valence-electron chi connectivity index (χ1n) is 5.83. The topological polar surface area (TPSA) is 86.7 Å². The van der Waals surface area contributed by atoms with Gasteiger partial charge in [0, 0.05) is 12.6 Å². The summed E-state index contributed by atoms with van der Waals surface area (Å²) in [4.78, 5) is 12.6. The smallest absolute Gasteiger partial charge is 0.320 e. The summed E-state index contributed by atoms with van der Waals surface area (Å²) in [6.45, 7) is 4.38. The van der Waals surface area contributed by atoms with Crippen molar-refractivity contribution in [2.75, 3.05) is 25.4 Å². The molecule has 1 aliphatic heterocycles. The van der Waals surface area contributed by atoms with Crippen LogP contribution in [0.1, 0.15) is 26.2 Å². The lowest BCUT2D eigenvalue weighted by Crippen LogP contribution is -2.45. The molecule has 1 heterocycles. The van der Waals surface area contributed by atoms with Crippen LogP contribution in [-0.4, -0.2) is 55.8 Å². The van der Waals surface area contributed by atoms with Crippen LogP contribution in [0.25, 0.3) is 0 Å². The van der Waals surface area contributed by atoms with Crippen molar-refractivity contribution >= 4 is 16.0 Å². The molecule has 1 unspecified atom stereocenters. The predicted octanol–water partition coefficient (Wildman–Crippen LogP) is -0.135. The molecule has 0 aliphatic carbocycles. The van der Waals surface area contributed by atoms with Crippen LogP contribution in [0.2, 0.25) is 0 Å². The molecule has 1 atom stereocenters. The number of hydrogen-bond donors (Lipinski definition) is 2. The van der Waals surface area contributed by atoms with E-state index >= 15 is 0 Å². The lowest BCUT2D eigenvalue weighted by atomic mass is 10.1. The van der Waals surface area contributed by atoms with Crippen molar-refractivity contribution in [2.24, 2.45) is 0 Å². The number of likely N-dealkylation sites (tertiary alicyclic amines) is 1. The Kier molecular flexibility index (Phi) is 5.35. The van der Waals surface area contributed by atoms with Crippen LogP contribution in [0.4, 0.5) is 0 Å². The van der Waals surface area contributed by atoms with Crippen LogP contribution >= 0.6 is 0 Å². The minimum absolute atomic E-state index is 0.252. The molecule has 0 aromatic carbocycles. The Morgan fingerprint density at radius 1 is 1.35 bits per heavy atom. The van der Waals surface area contributed by atoms with Gasteiger partial charge in [-0.15, -0.1) is 0 Å². The van der Waals surface area contributed by atoms with Gasteiger partial charge in [0.05, 0.1) is 0 Å². The molecular weight excluding hydrogens is 244 g/mol. The van der Waals surface area contributed by atoms with E-state index in [2.05, 4.69) is 9.62 Å². The Balaban J connectivity index is 2.37. The summed E-state index contributed by atoms with van der Waals surface area (Å²) in [5.41, 5.74) is 0. The van der Waals surface area contributed by atoms with Crippen molar-refractivity contribution in [3.05, 3.63) is 0 Å². The van der Waals surface area contributed by atoms with Crippen molar-refractivity contribution in [1.82, 2.24) is 9.62 Å². The second kappa shape index (κ2) is 6.32. The van der Waals surface area contributed by atoms with E-state index in [1.165, 1.54) is 6.42 Å². The van der Waals surface area contributed by atoms with Gasteiger partial charge in [0.15, 0.2) is 5.75 Å². The second-order valence-electron chi connectivity index (χ2n) is 4.53. The zero-order chi connectivity index (χ0) is 12.9. The third-order valence-electron chi connectivity index (χ3n) is 2.67. The summed E-state index contributed by atoms with van der Waals surface area (Å²) < 4.78 is 25.1. The first-order valence-corrected chi connectivity index (χ1v) is 7.48. The van der Waals surface area contributed by atoms with E-state index in [0.29, 0.717) is 6.54 Å². The highest BCUT2D eigenvalue weighted by molar-refractivity contribution is 7.90. The highest BCUT2D eigenvalue weighted by Crippen LogP contribution is 2.08. The number of sulfonamides is 1. The molecule has 17 heavy (non-hydrogen) atoms. The zero-order valence-electron chi connectivity index (χ0n) is 10.1. The third kappa shape index (κ3) is 5.99. The highest BCUT2D eigenvalue weighted by Gasteiger charge is 2.20. The van der Waals surface area contributed by atoms with Gasteiger partial charge in [0.25, 0.3) is 0 Å². The molecule has 0 radical (unpaired) electrons. The molecule has 2 N–H and O–H groups in total. The standard InChI is InChI=1S/C10H20N2O4S/c1-9(7-12-5-3-2-4-6-12)11-17(15,16)8-10(13)14/h9,11H,2-8H2,1H3,(H,13,14). The molecule has 1 saturated heterocycles. The number of piperidine rings is 1. The number of carboxylic acids is 1. The molecule has 0 bridgehead atoms. The number of hydrogen-bond acceptors (Lipinski definition) is 4. The molecule has 0 spiro atoms. The first-order chi connectivity index (χ1) is 7.89. The van der Waals surface area contributed by atoms with Gasteiger partial charge in [0.2, 0.25) is 10.0 Å². The van der Waals surface area contributed by atoms with Crippen LogP contribution in [0.15, 0.2) is 0 Å². The van der Waals surface area contributed by atoms with E-state index in [1.807, 2.05) is 0 Å². The largest absolute Gasteiger partial charge is 0.480 e. The Labute approximate surface area is 102 Å². The zero-order valence-corrected chi connectivity index (χ0v) is 10.9. The summed E-state index contributed by atoms with van der Waals surface area (Å²) in [6, 6.07) is -0.252. The van der Waals surface area contributed by atoms with Crippen LogP contribution in [-0.2, 0) is 14.8 Å². The fourth-order valence-corrected chi connectivity index (χ4v) is 3.17. The minimum atomic E-state index is -3.71. The van der Waals surface area contributed by atoms with Crippen molar-refractivity contribution in [3.63, 3.8) is 0 Å². The van der Waals surface area contributed by atoms with Crippen molar-refractivity contribution in [3.8, 4) is 0 Å². The van der Waals surface area contributed by atoms with E-state index in [0.717, 1.165) is 25.9 Å². The maximum absolute atomic E-state index is 11.4. The summed E-state index contributed by atoms with van der Waals surface area (Å²) in [7, 11) is -3.71. The van der Waals surface area contributed by atoms with Gasteiger partial charge in [0.1, 0.15) is 0 Å². The minimum Gasteiger partial charge on any atom is -0.480 e. The number of aliphatic carboxylic acids is 1. The Hall–Kier alpha value is -0.660. The molecule has 0 amide bonds. The molecule has 1 rings (SSSR count). The number of nitrogens with one attached hydrogen (secondary N) is 1. The summed E-state index contributed by atoms with van der Waals surface area (Å²) >= 11 is 0. The van der Waals surface area contributed by atoms with Crippen LogP contribution in [0.5, 0.6) is 0 Å². The van der Waals surface area contributed by atoms with Gasteiger partial charge in [-0.25, -0.2) is 13.1 Å². The van der Waals surface area contributed by atoms with E-state index in [9.17, 15) is 13.2 Å².